The van der Waals surface area contributed by atoms with Crippen LogP contribution in [0.2, 0.25) is 0 Å². The van der Waals surface area contributed by atoms with E-state index in [0.717, 1.165) is 5.69 Å². The lowest BCUT2D eigenvalue weighted by molar-refractivity contribution is 0.0986. The lowest BCUT2D eigenvalue weighted by Gasteiger charge is -2.13. The van der Waals surface area contributed by atoms with Gasteiger partial charge in [0.25, 0.3) is 0 Å². The van der Waals surface area contributed by atoms with Crippen molar-refractivity contribution in [3.63, 3.8) is 0 Å². The van der Waals surface area contributed by atoms with Crippen molar-refractivity contribution in [2.75, 3.05) is 24.9 Å². The van der Waals surface area contributed by atoms with Crippen molar-refractivity contribution < 1.29 is 9.90 Å². The molecule has 0 spiro atoms. The number of halogens is 1. The fraction of sp³-hybridized carbons (Fsp3) is 0.364. The van der Waals surface area contributed by atoms with Crippen LogP contribution in [0.15, 0.2) is 18.2 Å². The van der Waals surface area contributed by atoms with E-state index in [-0.39, 0.29) is 23.8 Å². The highest BCUT2D eigenvalue weighted by molar-refractivity contribution is 6.19. The fourth-order valence-corrected chi connectivity index (χ4v) is 1.43. The van der Waals surface area contributed by atoms with Gasteiger partial charge in [-0.2, -0.15) is 0 Å². The van der Waals surface area contributed by atoms with E-state index in [9.17, 15) is 9.90 Å². The Hall–Kier alpha value is -1.22. The topological polar surface area (TPSA) is 40.5 Å². The molecule has 0 saturated heterocycles. The molecule has 82 valence electrons. The van der Waals surface area contributed by atoms with Gasteiger partial charge in [-0.3, -0.25) is 4.79 Å². The molecule has 1 rings (SSSR count). The van der Waals surface area contributed by atoms with E-state index in [1.807, 2.05) is 19.0 Å². The Morgan fingerprint density at radius 3 is 2.60 bits per heavy atom. The van der Waals surface area contributed by atoms with Gasteiger partial charge in [0, 0.05) is 38.1 Å². The standard InChI is InChI=1S/C11H14ClNO2/c1-13(2)8-3-4-9(11(15)7-8)10(14)5-6-12/h3-4,7,15H,5-6H2,1-2H3. The molecule has 0 heterocycles. The molecule has 1 aromatic carbocycles. The van der Waals surface area contributed by atoms with Crippen LogP contribution in [0.5, 0.6) is 5.75 Å². The smallest absolute Gasteiger partial charge is 0.167 e. The minimum atomic E-state index is -0.132. The van der Waals surface area contributed by atoms with Gasteiger partial charge in [-0.15, -0.1) is 11.6 Å². The summed E-state index contributed by atoms with van der Waals surface area (Å²) in [6.07, 6.45) is 0.246. The van der Waals surface area contributed by atoms with Crippen LogP contribution in [0.4, 0.5) is 5.69 Å². The quantitative estimate of drug-likeness (QED) is 0.634. The van der Waals surface area contributed by atoms with E-state index >= 15 is 0 Å². The molecule has 15 heavy (non-hydrogen) atoms. The summed E-state index contributed by atoms with van der Waals surface area (Å²) in [5, 5.41) is 9.65. The summed E-state index contributed by atoms with van der Waals surface area (Å²) >= 11 is 5.47. The second kappa shape index (κ2) is 5.03. The Morgan fingerprint density at radius 2 is 2.13 bits per heavy atom. The largest absolute Gasteiger partial charge is 0.507 e. The maximum atomic E-state index is 11.5. The molecular weight excluding hydrogens is 214 g/mol. The number of rotatable bonds is 4. The highest BCUT2D eigenvalue weighted by atomic mass is 35.5. The van der Waals surface area contributed by atoms with Gasteiger partial charge >= 0.3 is 0 Å². The lowest BCUT2D eigenvalue weighted by atomic mass is 10.1. The van der Waals surface area contributed by atoms with Crippen molar-refractivity contribution in [3.05, 3.63) is 23.8 Å². The van der Waals surface area contributed by atoms with Gasteiger partial charge in [0.2, 0.25) is 0 Å². The zero-order valence-electron chi connectivity index (χ0n) is 8.83. The Morgan fingerprint density at radius 1 is 1.47 bits per heavy atom. The maximum absolute atomic E-state index is 11.5. The Kier molecular flexibility index (Phi) is 3.97. The maximum Gasteiger partial charge on any atom is 0.167 e. The summed E-state index contributed by atoms with van der Waals surface area (Å²) < 4.78 is 0. The van der Waals surface area contributed by atoms with Crippen molar-refractivity contribution in [1.29, 1.82) is 0 Å². The van der Waals surface area contributed by atoms with E-state index < -0.39 is 0 Å². The van der Waals surface area contributed by atoms with Gasteiger partial charge in [0.05, 0.1) is 5.56 Å². The second-order valence-corrected chi connectivity index (χ2v) is 3.84. The highest BCUT2D eigenvalue weighted by Crippen LogP contribution is 2.24. The summed E-state index contributed by atoms with van der Waals surface area (Å²) in [4.78, 5) is 13.3. The predicted octanol–water partition coefficient (Wildman–Crippen LogP) is 2.27. The molecule has 0 bridgehead atoms. The molecule has 0 radical (unpaired) electrons. The Labute approximate surface area is 94.3 Å². The number of alkyl halides is 1. The van der Waals surface area contributed by atoms with Gasteiger partial charge in [0.15, 0.2) is 5.78 Å². The van der Waals surface area contributed by atoms with Gasteiger partial charge in [0.1, 0.15) is 5.75 Å². The van der Waals surface area contributed by atoms with Gasteiger partial charge in [-0.05, 0) is 12.1 Å². The van der Waals surface area contributed by atoms with E-state index in [2.05, 4.69) is 0 Å². The SMILES string of the molecule is CN(C)c1ccc(C(=O)CCCl)c(O)c1. The number of carbonyl (C=O) groups is 1. The van der Waals surface area contributed by atoms with Crippen LogP contribution >= 0.6 is 11.6 Å². The number of carbonyl (C=O) groups excluding carboxylic acids is 1. The molecule has 0 aliphatic heterocycles. The molecule has 0 saturated carbocycles. The molecule has 1 aromatic rings. The van der Waals surface area contributed by atoms with Crippen molar-refractivity contribution >= 4 is 23.1 Å². The third-order valence-corrected chi connectivity index (χ3v) is 2.31. The first-order valence-electron chi connectivity index (χ1n) is 4.65. The van der Waals surface area contributed by atoms with Gasteiger partial charge in [-0.25, -0.2) is 0 Å². The van der Waals surface area contributed by atoms with Crippen LogP contribution < -0.4 is 4.90 Å². The summed E-state index contributed by atoms with van der Waals surface area (Å²) in [5.74, 6) is 0.150. The molecule has 1 N–H and O–H groups in total. The van der Waals surface area contributed by atoms with Crippen molar-refractivity contribution in [2.45, 2.75) is 6.42 Å². The zero-order valence-corrected chi connectivity index (χ0v) is 9.58. The van der Waals surface area contributed by atoms with E-state index in [1.165, 1.54) is 0 Å². The summed E-state index contributed by atoms with van der Waals surface area (Å²) in [6, 6.07) is 4.99. The van der Waals surface area contributed by atoms with E-state index in [4.69, 9.17) is 11.6 Å². The number of phenolic OH excluding ortho intramolecular Hbond substituents is 1. The highest BCUT2D eigenvalue weighted by Gasteiger charge is 2.11. The minimum absolute atomic E-state index is 0.0105. The molecule has 0 atom stereocenters. The molecule has 3 nitrogen and oxygen atoms in total. The van der Waals surface area contributed by atoms with E-state index in [0.29, 0.717) is 5.56 Å². The number of anilines is 1. The van der Waals surface area contributed by atoms with Crippen LogP contribution in [-0.4, -0.2) is 30.9 Å². The number of ketones is 1. The zero-order chi connectivity index (χ0) is 11.4. The average molecular weight is 228 g/mol. The van der Waals surface area contributed by atoms with Crippen LogP contribution in [-0.2, 0) is 0 Å². The molecule has 0 fully saturated rings. The molecule has 0 aliphatic rings. The Balaban J connectivity index is 2.98. The number of benzene rings is 1. The molecular formula is C11H14ClNO2. The van der Waals surface area contributed by atoms with E-state index in [1.54, 1.807) is 18.2 Å². The average Bonchev–Trinajstić information content (AvgIpc) is 2.17. The summed E-state index contributed by atoms with van der Waals surface area (Å²) in [7, 11) is 3.74. The number of phenols is 1. The molecule has 0 amide bonds. The number of hydrogen-bond donors (Lipinski definition) is 1. The molecule has 0 unspecified atom stereocenters. The molecule has 4 heteroatoms. The second-order valence-electron chi connectivity index (χ2n) is 3.46. The normalized spacial score (nSPS) is 10.1. The Bertz CT molecular complexity index is 364. The number of aromatic hydroxyl groups is 1. The van der Waals surface area contributed by atoms with Crippen LogP contribution in [0, 0.1) is 0 Å². The molecule has 0 aliphatic carbocycles. The first kappa shape index (κ1) is 11.9. The van der Waals surface area contributed by atoms with Crippen molar-refractivity contribution in [3.8, 4) is 5.75 Å². The molecule has 0 aromatic heterocycles. The first-order chi connectivity index (χ1) is 7.06. The third-order valence-electron chi connectivity index (χ3n) is 2.12. The van der Waals surface area contributed by atoms with Crippen molar-refractivity contribution in [2.24, 2.45) is 0 Å². The van der Waals surface area contributed by atoms with Gasteiger partial charge in [-0.1, -0.05) is 0 Å². The minimum Gasteiger partial charge on any atom is -0.507 e. The third kappa shape index (κ3) is 2.86. The number of nitrogens with zero attached hydrogens (tertiary/aromatic N) is 1. The number of hydrogen-bond acceptors (Lipinski definition) is 3. The fourth-order valence-electron chi connectivity index (χ4n) is 1.25. The van der Waals surface area contributed by atoms with Crippen molar-refractivity contribution in [1.82, 2.24) is 0 Å². The van der Waals surface area contributed by atoms with Crippen LogP contribution in [0.3, 0.4) is 0 Å². The lowest BCUT2D eigenvalue weighted by Crippen LogP contribution is -2.09. The van der Waals surface area contributed by atoms with Gasteiger partial charge < -0.3 is 10.0 Å². The number of Topliss-reactive ketones (excluding diaryl/α,β-unsaturated/α-hetero) is 1. The van der Waals surface area contributed by atoms with Crippen LogP contribution in [0.1, 0.15) is 16.8 Å². The summed E-state index contributed by atoms with van der Waals surface area (Å²) in [6.45, 7) is 0. The van der Waals surface area contributed by atoms with Crippen LogP contribution in [0.25, 0.3) is 0 Å². The predicted molar refractivity (Wildman–Crippen MR) is 62.1 cm³/mol. The monoisotopic (exact) mass is 227 g/mol. The first-order valence-corrected chi connectivity index (χ1v) is 5.19. The summed E-state index contributed by atoms with van der Waals surface area (Å²) in [5.41, 5.74) is 1.19.